The van der Waals surface area contributed by atoms with Crippen molar-refractivity contribution in [1.29, 1.82) is 0 Å². The fourth-order valence-electron chi connectivity index (χ4n) is 2.47. The highest BCUT2D eigenvalue weighted by molar-refractivity contribution is 6.02. The molecule has 0 saturated carbocycles. The number of aromatic nitrogens is 2. The van der Waals surface area contributed by atoms with Gasteiger partial charge in [-0.25, -0.2) is 5.43 Å². The molecule has 1 aromatic heterocycles. The molecule has 0 aliphatic rings. The molecule has 7 nitrogen and oxygen atoms in total. The van der Waals surface area contributed by atoms with Gasteiger partial charge in [0.2, 0.25) is 0 Å². The van der Waals surface area contributed by atoms with Crippen LogP contribution in [-0.2, 0) is 0 Å². The first-order valence-corrected chi connectivity index (χ1v) is 7.92. The molecule has 3 N–H and O–H groups in total. The van der Waals surface area contributed by atoms with Gasteiger partial charge in [0.25, 0.3) is 5.91 Å². The number of rotatable bonds is 5. The first-order chi connectivity index (χ1) is 12.6. The summed E-state index contributed by atoms with van der Waals surface area (Å²) < 4.78 is 5.31. The van der Waals surface area contributed by atoms with E-state index in [-0.39, 0.29) is 11.4 Å². The van der Waals surface area contributed by atoms with Crippen molar-refractivity contribution in [3.63, 3.8) is 0 Å². The average molecular weight is 350 g/mol. The summed E-state index contributed by atoms with van der Waals surface area (Å²) in [7, 11) is 1.58. The number of para-hydroxylation sites is 2. The highest BCUT2D eigenvalue weighted by Crippen LogP contribution is 2.28. The number of nitrogens with zero attached hydrogens (tertiary/aromatic N) is 2. The van der Waals surface area contributed by atoms with Gasteiger partial charge in [0.15, 0.2) is 0 Å². The Labute approximate surface area is 150 Å². The van der Waals surface area contributed by atoms with Crippen LogP contribution in [0.5, 0.6) is 11.5 Å². The van der Waals surface area contributed by atoms with Gasteiger partial charge in [0.05, 0.1) is 18.5 Å². The first-order valence-electron chi connectivity index (χ1n) is 7.92. The Bertz CT molecular complexity index is 963. The normalized spacial score (nSPS) is 11.2. The Morgan fingerprint density at radius 3 is 2.69 bits per heavy atom. The minimum Gasteiger partial charge on any atom is -0.507 e. The van der Waals surface area contributed by atoms with Gasteiger partial charge >= 0.3 is 0 Å². The van der Waals surface area contributed by atoms with Crippen molar-refractivity contribution in [2.45, 2.75) is 6.92 Å². The van der Waals surface area contributed by atoms with E-state index in [2.05, 4.69) is 20.7 Å². The molecule has 0 fully saturated rings. The molecule has 0 aliphatic heterocycles. The Kier molecular flexibility index (Phi) is 4.98. The van der Waals surface area contributed by atoms with E-state index < -0.39 is 5.91 Å². The molecule has 0 radical (unpaired) electrons. The average Bonchev–Trinajstić information content (AvgIpc) is 3.16. The fraction of sp³-hybridized carbons (Fsp3) is 0.105. The molecule has 0 saturated heterocycles. The second-order valence-electron chi connectivity index (χ2n) is 5.52. The molecule has 0 aliphatic carbocycles. The number of hydrogen-bond acceptors (Lipinski definition) is 5. The number of carbonyl (C=O) groups excluding carboxylic acids is 1. The third-order valence-corrected chi connectivity index (χ3v) is 3.82. The Morgan fingerprint density at radius 1 is 1.19 bits per heavy atom. The van der Waals surface area contributed by atoms with Crippen molar-refractivity contribution in [2.75, 3.05) is 7.11 Å². The van der Waals surface area contributed by atoms with Gasteiger partial charge in [-0.3, -0.25) is 9.89 Å². The lowest BCUT2D eigenvalue weighted by Gasteiger charge is -2.04. The number of phenols is 1. The van der Waals surface area contributed by atoms with E-state index in [0.717, 1.165) is 5.56 Å². The first kappa shape index (κ1) is 17.2. The van der Waals surface area contributed by atoms with Crippen LogP contribution in [0.1, 0.15) is 23.0 Å². The number of amides is 1. The van der Waals surface area contributed by atoms with Gasteiger partial charge in [-0.1, -0.05) is 24.3 Å². The quantitative estimate of drug-likeness (QED) is 0.486. The predicted molar refractivity (Wildman–Crippen MR) is 98.4 cm³/mol. The third-order valence-electron chi connectivity index (χ3n) is 3.82. The number of hydrazone groups is 1. The number of benzene rings is 2. The Hall–Kier alpha value is -3.61. The van der Waals surface area contributed by atoms with Crippen LogP contribution in [0.25, 0.3) is 11.3 Å². The highest BCUT2D eigenvalue weighted by atomic mass is 16.5. The van der Waals surface area contributed by atoms with Gasteiger partial charge < -0.3 is 9.84 Å². The largest absolute Gasteiger partial charge is 0.507 e. The molecule has 26 heavy (non-hydrogen) atoms. The summed E-state index contributed by atoms with van der Waals surface area (Å²) in [6.45, 7) is 1.70. The lowest BCUT2D eigenvalue weighted by Crippen LogP contribution is -2.19. The lowest BCUT2D eigenvalue weighted by molar-refractivity contribution is 0.0950. The number of H-pyrrole nitrogens is 1. The van der Waals surface area contributed by atoms with Crippen LogP contribution >= 0.6 is 0 Å². The van der Waals surface area contributed by atoms with Crippen molar-refractivity contribution in [2.24, 2.45) is 5.10 Å². The molecular weight excluding hydrogens is 332 g/mol. The number of methoxy groups -OCH3 is 1. The molecule has 1 heterocycles. The van der Waals surface area contributed by atoms with Crippen LogP contribution in [0.4, 0.5) is 0 Å². The SMILES string of the molecule is COc1ccccc1-c1cc(C(=O)NN=C(C)c2ccccc2O)[nH]n1. The molecule has 0 spiro atoms. The number of nitrogens with one attached hydrogen (secondary N) is 2. The standard InChI is InChI=1S/C19H18N4O3/c1-12(13-7-3-5-9-17(13)24)20-23-19(25)16-11-15(21-22-16)14-8-4-6-10-18(14)26-2/h3-11,24H,1-2H3,(H,21,22)(H,23,25). The summed E-state index contributed by atoms with van der Waals surface area (Å²) in [4.78, 5) is 12.3. The van der Waals surface area contributed by atoms with Crippen molar-refractivity contribution >= 4 is 11.6 Å². The predicted octanol–water partition coefficient (Wildman–Crippen LogP) is 2.94. The van der Waals surface area contributed by atoms with Crippen molar-refractivity contribution in [3.8, 4) is 22.8 Å². The minimum absolute atomic E-state index is 0.1000. The molecule has 132 valence electrons. The maximum Gasteiger partial charge on any atom is 0.289 e. The highest BCUT2D eigenvalue weighted by Gasteiger charge is 2.13. The number of hydrogen-bond donors (Lipinski definition) is 3. The number of aromatic hydroxyl groups is 1. The molecule has 3 rings (SSSR count). The summed E-state index contributed by atoms with van der Waals surface area (Å²) in [5, 5.41) is 20.7. The molecule has 7 heteroatoms. The molecule has 2 aromatic carbocycles. The van der Waals surface area contributed by atoms with Crippen LogP contribution in [0.2, 0.25) is 0 Å². The summed E-state index contributed by atoms with van der Waals surface area (Å²) in [6, 6.07) is 15.8. The second-order valence-corrected chi connectivity index (χ2v) is 5.52. The monoisotopic (exact) mass is 350 g/mol. The number of carbonyl (C=O) groups is 1. The van der Waals surface area contributed by atoms with Crippen LogP contribution in [0, 0.1) is 0 Å². The van der Waals surface area contributed by atoms with Gasteiger partial charge in [-0.15, -0.1) is 0 Å². The zero-order chi connectivity index (χ0) is 18.5. The number of phenolic OH excluding ortho intramolecular Hbond substituents is 1. The zero-order valence-corrected chi connectivity index (χ0v) is 14.4. The van der Waals surface area contributed by atoms with Crippen LogP contribution in [0.3, 0.4) is 0 Å². The Balaban J connectivity index is 1.76. The molecule has 0 unspecified atom stereocenters. The van der Waals surface area contributed by atoms with Gasteiger partial charge in [-0.2, -0.15) is 10.2 Å². The van der Waals surface area contributed by atoms with E-state index in [4.69, 9.17) is 4.74 Å². The van der Waals surface area contributed by atoms with Gasteiger partial charge in [0.1, 0.15) is 17.2 Å². The molecule has 0 bridgehead atoms. The smallest absolute Gasteiger partial charge is 0.289 e. The van der Waals surface area contributed by atoms with Crippen LogP contribution < -0.4 is 10.2 Å². The summed E-state index contributed by atoms with van der Waals surface area (Å²) >= 11 is 0. The number of aromatic amines is 1. The number of ether oxygens (including phenoxy) is 1. The van der Waals surface area contributed by atoms with E-state index in [1.54, 1.807) is 44.4 Å². The maximum absolute atomic E-state index is 12.3. The lowest BCUT2D eigenvalue weighted by atomic mass is 10.1. The molecule has 1 amide bonds. The molecule has 0 atom stereocenters. The maximum atomic E-state index is 12.3. The second kappa shape index (κ2) is 7.52. The van der Waals surface area contributed by atoms with Crippen LogP contribution in [-0.4, -0.2) is 34.0 Å². The summed E-state index contributed by atoms with van der Waals surface area (Å²) in [5.74, 6) is 0.329. The molecular formula is C19H18N4O3. The van der Waals surface area contributed by atoms with E-state index >= 15 is 0 Å². The molecule has 3 aromatic rings. The zero-order valence-electron chi connectivity index (χ0n) is 14.4. The van der Waals surface area contributed by atoms with Crippen molar-refractivity contribution < 1.29 is 14.6 Å². The van der Waals surface area contributed by atoms with Gasteiger partial charge in [0, 0.05) is 11.1 Å². The van der Waals surface area contributed by atoms with Crippen molar-refractivity contribution in [3.05, 3.63) is 65.9 Å². The van der Waals surface area contributed by atoms with E-state index in [0.29, 0.717) is 22.7 Å². The Morgan fingerprint density at radius 2 is 1.92 bits per heavy atom. The summed E-state index contributed by atoms with van der Waals surface area (Å²) in [6.07, 6.45) is 0. The summed E-state index contributed by atoms with van der Waals surface area (Å²) in [5.41, 5.74) is 5.12. The van der Waals surface area contributed by atoms with E-state index in [1.807, 2.05) is 24.3 Å². The third kappa shape index (κ3) is 3.56. The van der Waals surface area contributed by atoms with E-state index in [9.17, 15) is 9.90 Å². The topological polar surface area (TPSA) is 99.6 Å². The fourth-order valence-corrected chi connectivity index (χ4v) is 2.47. The van der Waals surface area contributed by atoms with E-state index in [1.165, 1.54) is 0 Å². The minimum atomic E-state index is -0.437. The van der Waals surface area contributed by atoms with Crippen molar-refractivity contribution in [1.82, 2.24) is 15.6 Å². The van der Waals surface area contributed by atoms with Gasteiger partial charge in [-0.05, 0) is 37.3 Å². The van der Waals surface area contributed by atoms with Crippen LogP contribution in [0.15, 0.2) is 59.7 Å².